The van der Waals surface area contributed by atoms with Crippen LogP contribution in [-0.2, 0) is 13.0 Å². The summed E-state index contributed by atoms with van der Waals surface area (Å²) < 4.78 is 15.6. The van der Waals surface area contributed by atoms with Crippen molar-refractivity contribution in [3.63, 3.8) is 0 Å². The number of hydrogen-bond donors (Lipinski definition) is 1. The van der Waals surface area contributed by atoms with Crippen molar-refractivity contribution in [2.45, 2.75) is 13.0 Å². The number of rotatable bonds is 7. The minimum Gasteiger partial charge on any atom is -0.493 e. The summed E-state index contributed by atoms with van der Waals surface area (Å²) in [6, 6.07) is 5.96. The van der Waals surface area contributed by atoms with Crippen molar-refractivity contribution in [1.82, 2.24) is 10.3 Å². The third-order valence-electron chi connectivity index (χ3n) is 2.82. The molecule has 1 heterocycles. The van der Waals surface area contributed by atoms with Gasteiger partial charge in [0.1, 0.15) is 5.76 Å². The Hall–Kier alpha value is -2.01. The van der Waals surface area contributed by atoms with Crippen molar-refractivity contribution in [2.24, 2.45) is 0 Å². The van der Waals surface area contributed by atoms with E-state index in [9.17, 15) is 0 Å². The molecule has 0 aliphatic heterocycles. The molecule has 2 aromatic rings. The lowest BCUT2D eigenvalue weighted by Gasteiger charge is -2.09. The summed E-state index contributed by atoms with van der Waals surface area (Å²) in [6.45, 7) is 1.55. The van der Waals surface area contributed by atoms with Gasteiger partial charge in [0.2, 0.25) is 0 Å². The quantitative estimate of drug-likeness (QED) is 0.774. The number of hydrogen-bond acceptors (Lipinski definition) is 5. The van der Waals surface area contributed by atoms with Gasteiger partial charge in [0, 0.05) is 0 Å². The highest BCUT2D eigenvalue weighted by molar-refractivity contribution is 5.42. The molecule has 0 aliphatic carbocycles. The zero-order valence-electron chi connectivity index (χ0n) is 11.2. The third kappa shape index (κ3) is 3.72. The van der Waals surface area contributed by atoms with Gasteiger partial charge in [-0.1, -0.05) is 6.07 Å². The Labute approximate surface area is 112 Å². The Morgan fingerprint density at radius 3 is 2.74 bits per heavy atom. The van der Waals surface area contributed by atoms with Crippen molar-refractivity contribution in [2.75, 3.05) is 20.8 Å². The van der Waals surface area contributed by atoms with Crippen LogP contribution in [0, 0.1) is 0 Å². The lowest BCUT2D eigenvalue weighted by atomic mass is 10.1. The van der Waals surface area contributed by atoms with E-state index >= 15 is 0 Å². The standard InChI is InChI=1S/C14H18N2O3/c1-17-13-4-3-11(7-14(13)18-2)5-6-15-8-12-9-16-10-19-12/h3-4,7,9-10,15H,5-6,8H2,1-2H3. The van der Waals surface area contributed by atoms with Crippen LogP contribution in [0.5, 0.6) is 11.5 Å². The predicted molar refractivity (Wildman–Crippen MR) is 71.5 cm³/mol. The molecule has 5 nitrogen and oxygen atoms in total. The largest absolute Gasteiger partial charge is 0.493 e. The van der Waals surface area contributed by atoms with Crippen LogP contribution in [0.25, 0.3) is 0 Å². The van der Waals surface area contributed by atoms with E-state index in [0.717, 1.165) is 30.2 Å². The van der Waals surface area contributed by atoms with Crippen LogP contribution in [0.1, 0.15) is 11.3 Å². The summed E-state index contributed by atoms with van der Waals surface area (Å²) in [4.78, 5) is 3.86. The van der Waals surface area contributed by atoms with Gasteiger partial charge in [-0.25, -0.2) is 4.98 Å². The molecule has 5 heteroatoms. The van der Waals surface area contributed by atoms with Crippen LogP contribution in [0.2, 0.25) is 0 Å². The van der Waals surface area contributed by atoms with Crippen molar-refractivity contribution in [1.29, 1.82) is 0 Å². The van der Waals surface area contributed by atoms with E-state index in [0.29, 0.717) is 6.54 Å². The average molecular weight is 262 g/mol. The fourth-order valence-corrected chi connectivity index (χ4v) is 1.81. The molecule has 0 atom stereocenters. The minimum absolute atomic E-state index is 0.688. The van der Waals surface area contributed by atoms with Crippen LogP contribution < -0.4 is 14.8 Å². The van der Waals surface area contributed by atoms with E-state index in [1.54, 1.807) is 20.4 Å². The zero-order chi connectivity index (χ0) is 13.5. The normalized spacial score (nSPS) is 10.4. The highest BCUT2D eigenvalue weighted by atomic mass is 16.5. The second-order valence-electron chi connectivity index (χ2n) is 4.08. The maximum absolute atomic E-state index is 5.27. The summed E-state index contributed by atoms with van der Waals surface area (Å²) in [5.41, 5.74) is 1.20. The first-order valence-corrected chi connectivity index (χ1v) is 6.12. The first-order chi connectivity index (χ1) is 9.33. The number of nitrogens with one attached hydrogen (secondary N) is 1. The minimum atomic E-state index is 0.688. The summed E-state index contributed by atoms with van der Waals surface area (Å²) in [7, 11) is 3.28. The van der Waals surface area contributed by atoms with Gasteiger partial charge in [0.05, 0.1) is 27.0 Å². The van der Waals surface area contributed by atoms with Gasteiger partial charge in [-0.05, 0) is 30.7 Å². The predicted octanol–water partition coefficient (Wildman–Crippen LogP) is 2.02. The van der Waals surface area contributed by atoms with Gasteiger partial charge in [-0.2, -0.15) is 0 Å². The van der Waals surface area contributed by atoms with E-state index < -0.39 is 0 Å². The molecule has 0 aliphatic rings. The average Bonchev–Trinajstić information content (AvgIpc) is 2.96. The fraction of sp³-hybridized carbons (Fsp3) is 0.357. The molecule has 0 fully saturated rings. The van der Waals surface area contributed by atoms with E-state index in [2.05, 4.69) is 10.3 Å². The first-order valence-electron chi connectivity index (χ1n) is 6.12. The molecule has 102 valence electrons. The van der Waals surface area contributed by atoms with Crippen molar-refractivity contribution in [3.8, 4) is 11.5 Å². The Morgan fingerprint density at radius 2 is 2.05 bits per heavy atom. The number of methoxy groups -OCH3 is 2. The van der Waals surface area contributed by atoms with E-state index in [4.69, 9.17) is 13.9 Å². The van der Waals surface area contributed by atoms with Crippen molar-refractivity contribution in [3.05, 3.63) is 42.1 Å². The van der Waals surface area contributed by atoms with Crippen molar-refractivity contribution >= 4 is 0 Å². The molecule has 0 saturated heterocycles. The lowest BCUT2D eigenvalue weighted by molar-refractivity contribution is 0.354. The summed E-state index contributed by atoms with van der Waals surface area (Å²) in [6.07, 6.45) is 4.06. The first kappa shape index (κ1) is 13.4. The van der Waals surface area contributed by atoms with Gasteiger partial charge < -0.3 is 19.2 Å². The topological polar surface area (TPSA) is 56.5 Å². The van der Waals surface area contributed by atoms with Crippen LogP contribution in [0.15, 0.2) is 35.2 Å². The molecule has 19 heavy (non-hydrogen) atoms. The number of nitrogens with zero attached hydrogens (tertiary/aromatic N) is 1. The molecule has 0 spiro atoms. The summed E-state index contributed by atoms with van der Waals surface area (Å²) >= 11 is 0. The van der Waals surface area contributed by atoms with Crippen LogP contribution in [0.4, 0.5) is 0 Å². The van der Waals surface area contributed by atoms with E-state index in [1.807, 2.05) is 18.2 Å². The molecular formula is C14H18N2O3. The third-order valence-corrected chi connectivity index (χ3v) is 2.82. The molecule has 1 aromatic heterocycles. The van der Waals surface area contributed by atoms with Crippen molar-refractivity contribution < 1.29 is 13.9 Å². The second-order valence-corrected chi connectivity index (χ2v) is 4.08. The molecule has 2 rings (SSSR count). The highest BCUT2D eigenvalue weighted by Gasteiger charge is 2.04. The SMILES string of the molecule is COc1ccc(CCNCc2cnco2)cc1OC. The molecular weight excluding hydrogens is 244 g/mol. The van der Waals surface area contributed by atoms with Gasteiger partial charge >= 0.3 is 0 Å². The number of aromatic nitrogens is 1. The molecule has 1 N–H and O–H groups in total. The Morgan fingerprint density at radius 1 is 1.21 bits per heavy atom. The second kappa shape index (κ2) is 6.80. The Bertz CT molecular complexity index is 497. The van der Waals surface area contributed by atoms with Crippen LogP contribution in [-0.4, -0.2) is 25.7 Å². The summed E-state index contributed by atoms with van der Waals surface area (Å²) in [5.74, 6) is 2.35. The van der Waals surface area contributed by atoms with E-state index in [-0.39, 0.29) is 0 Å². The van der Waals surface area contributed by atoms with Gasteiger partial charge in [0.25, 0.3) is 0 Å². The fourth-order valence-electron chi connectivity index (χ4n) is 1.81. The number of ether oxygens (including phenoxy) is 2. The molecule has 1 aromatic carbocycles. The maximum atomic E-state index is 5.27. The van der Waals surface area contributed by atoms with Gasteiger partial charge in [-0.3, -0.25) is 0 Å². The smallest absolute Gasteiger partial charge is 0.180 e. The van der Waals surface area contributed by atoms with Gasteiger partial charge in [-0.15, -0.1) is 0 Å². The van der Waals surface area contributed by atoms with Gasteiger partial charge in [0.15, 0.2) is 17.9 Å². The monoisotopic (exact) mass is 262 g/mol. The van der Waals surface area contributed by atoms with Crippen LogP contribution >= 0.6 is 0 Å². The number of oxazole rings is 1. The highest BCUT2D eigenvalue weighted by Crippen LogP contribution is 2.27. The molecule has 0 bridgehead atoms. The molecule has 0 radical (unpaired) electrons. The molecule has 0 unspecified atom stereocenters. The summed E-state index contributed by atoms with van der Waals surface area (Å²) in [5, 5.41) is 3.30. The molecule has 0 saturated carbocycles. The Kier molecular flexibility index (Phi) is 4.80. The van der Waals surface area contributed by atoms with E-state index in [1.165, 1.54) is 12.0 Å². The zero-order valence-corrected chi connectivity index (χ0v) is 11.2. The lowest BCUT2D eigenvalue weighted by Crippen LogP contribution is -2.16. The Balaban J connectivity index is 1.82. The maximum Gasteiger partial charge on any atom is 0.180 e. The molecule has 0 amide bonds. The number of benzene rings is 1. The van der Waals surface area contributed by atoms with Crippen LogP contribution in [0.3, 0.4) is 0 Å².